The highest BCUT2D eigenvalue weighted by Gasteiger charge is 2.62. The number of fused-ring (bicyclic) bond motifs is 5. The van der Waals surface area contributed by atoms with Crippen molar-refractivity contribution in [1.82, 2.24) is 0 Å². The van der Waals surface area contributed by atoms with Gasteiger partial charge in [0.2, 0.25) is 0 Å². The second-order valence-electron chi connectivity index (χ2n) is 13.0. The zero-order valence-electron chi connectivity index (χ0n) is 21.2. The van der Waals surface area contributed by atoms with Gasteiger partial charge in [0.05, 0.1) is 5.60 Å². The van der Waals surface area contributed by atoms with Crippen molar-refractivity contribution in [2.45, 2.75) is 118 Å². The van der Waals surface area contributed by atoms with Crippen LogP contribution in [0.25, 0.3) is 0 Å². The summed E-state index contributed by atoms with van der Waals surface area (Å²) < 4.78 is 0. The van der Waals surface area contributed by atoms with Gasteiger partial charge in [0, 0.05) is 12.3 Å². The molecule has 0 aromatic carbocycles. The van der Waals surface area contributed by atoms with E-state index in [9.17, 15) is 9.90 Å². The zero-order chi connectivity index (χ0) is 22.6. The van der Waals surface area contributed by atoms with Crippen LogP contribution >= 0.6 is 0 Å². The highest BCUT2D eigenvalue weighted by atomic mass is 16.3. The Hall–Kier alpha value is -0.630. The van der Waals surface area contributed by atoms with Gasteiger partial charge in [-0.3, -0.25) is 4.79 Å². The van der Waals surface area contributed by atoms with E-state index in [4.69, 9.17) is 0 Å². The summed E-state index contributed by atoms with van der Waals surface area (Å²) in [4.78, 5) is 13.8. The molecule has 4 aliphatic rings. The van der Waals surface area contributed by atoms with Crippen LogP contribution in [-0.4, -0.2) is 16.5 Å². The molecular formula is C29H48O2. The van der Waals surface area contributed by atoms with E-state index < -0.39 is 5.60 Å². The minimum Gasteiger partial charge on any atom is -0.390 e. The van der Waals surface area contributed by atoms with Gasteiger partial charge >= 0.3 is 0 Å². The Labute approximate surface area is 191 Å². The first-order valence-corrected chi connectivity index (χ1v) is 13.5. The molecule has 0 heterocycles. The average Bonchev–Trinajstić information content (AvgIpc) is 3.04. The van der Waals surface area contributed by atoms with Gasteiger partial charge in [0.25, 0.3) is 0 Å². The smallest absolute Gasteiger partial charge is 0.137 e. The van der Waals surface area contributed by atoms with Crippen LogP contribution in [0.4, 0.5) is 0 Å². The van der Waals surface area contributed by atoms with Crippen molar-refractivity contribution >= 4 is 5.78 Å². The van der Waals surface area contributed by atoms with Crippen molar-refractivity contribution < 1.29 is 9.90 Å². The number of aliphatic hydroxyl groups is 1. The van der Waals surface area contributed by atoms with Gasteiger partial charge in [0.15, 0.2) is 0 Å². The van der Waals surface area contributed by atoms with Gasteiger partial charge in [-0.2, -0.15) is 0 Å². The number of carbonyl (C=O) groups is 1. The summed E-state index contributed by atoms with van der Waals surface area (Å²) in [5.74, 6) is 4.22. The molecule has 8 atom stereocenters. The fourth-order valence-electron chi connectivity index (χ4n) is 8.87. The molecule has 0 aliphatic heterocycles. The molecule has 3 fully saturated rings. The van der Waals surface area contributed by atoms with Gasteiger partial charge in [0.1, 0.15) is 5.78 Å². The van der Waals surface area contributed by atoms with Crippen LogP contribution in [-0.2, 0) is 4.79 Å². The molecule has 2 nitrogen and oxygen atoms in total. The maximum Gasteiger partial charge on any atom is 0.137 e. The fourth-order valence-corrected chi connectivity index (χ4v) is 8.87. The lowest BCUT2D eigenvalue weighted by Crippen LogP contribution is -2.56. The first kappa shape index (κ1) is 23.5. The number of hydrogen-bond acceptors (Lipinski definition) is 2. The molecule has 176 valence electrons. The third-order valence-electron chi connectivity index (χ3n) is 10.8. The molecule has 0 aromatic rings. The lowest BCUT2D eigenvalue weighted by atomic mass is 9.45. The highest BCUT2D eigenvalue weighted by Crippen LogP contribution is 2.66. The lowest BCUT2D eigenvalue weighted by Gasteiger charge is -2.58. The number of hydrogen-bond donors (Lipinski definition) is 1. The second kappa shape index (κ2) is 8.30. The maximum atomic E-state index is 13.8. The molecule has 31 heavy (non-hydrogen) atoms. The molecule has 0 aromatic heterocycles. The van der Waals surface area contributed by atoms with E-state index in [1.165, 1.54) is 37.7 Å². The van der Waals surface area contributed by atoms with Crippen molar-refractivity contribution in [2.75, 3.05) is 0 Å². The molecule has 1 N–H and O–H groups in total. The predicted molar refractivity (Wildman–Crippen MR) is 129 cm³/mol. The van der Waals surface area contributed by atoms with Crippen LogP contribution < -0.4 is 0 Å². The monoisotopic (exact) mass is 428 g/mol. The van der Waals surface area contributed by atoms with Crippen LogP contribution in [0.3, 0.4) is 0 Å². The van der Waals surface area contributed by atoms with Crippen molar-refractivity contribution in [2.24, 2.45) is 46.3 Å². The average molecular weight is 429 g/mol. The Morgan fingerprint density at radius 2 is 1.84 bits per heavy atom. The van der Waals surface area contributed by atoms with E-state index >= 15 is 0 Å². The Balaban J connectivity index is 1.55. The van der Waals surface area contributed by atoms with Crippen LogP contribution in [0.2, 0.25) is 0 Å². The highest BCUT2D eigenvalue weighted by molar-refractivity contribution is 5.85. The quantitative estimate of drug-likeness (QED) is 0.449. The third kappa shape index (κ3) is 3.87. The topological polar surface area (TPSA) is 37.3 Å². The van der Waals surface area contributed by atoms with E-state index in [2.05, 4.69) is 47.6 Å². The maximum absolute atomic E-state index is 13.8. The van der Waals surface area contributed by atoms with E-state index in [1.807, 2.05) is 0 Å². The number of rotatable bonds is 6. The van der Waals surface area contributed by atoms with E-state index in [-0.39, 0.29) is 16.7 Å². The number of carbonyl (C=O) groups excluding carboxylic acids is 1. The molecule has 0 spiro atoms. The van der Waals surface area contributed by atoms with E-state index in [1.54, 1.807) is 0 Å². The van der Waals surface area contributed by atoms with Gasteiger partial charge in [-0.15, -0.1) is 0 Å². The zero-order valence-corrected chi connectivity index (χ0v) is 21.2. The van der Waals surface area contributed by atoms with Crippen molar-refractivity contribution in [3.8, 4) is 0 Å². The molecule has 0 saturated heterocycles. The summed E-state index contributed by atoms with van der Waals surface area (Å²) in [6.45, 7) is 14.1. The van der Waals surface area contributed by atoms with Gasteiger partial charge in [-0.1, -0.05) is 72.5 Å². The Bertz CT molecular complexity index is 722. The minimum atomic E-state index is -0.547. The molecular weight excluding hydrogens is 380 g/mol. The summed E-state index contributed by atoms with van der Waals surface area (Å²) in [5, 5.41) is 11.0. The van der Waals surface area contributed by atoms with Crippen LogP contribution in [0.1, 0.15) is 112 Å². The molecule has 0 unspecified atom stereocenters. The predicted octanol–water partition coefficient (Wildman–Crippen LogP) is 7.35. The van der Waals surface area contributed by atoms with Gasteiger partial charge < -0.3 is 5.11 Å². The van der Waals surface area contributed by atoms with Gasteiger partial charge in [-0.25, -0.2) is 0 Å². The molecule has 0 amide bonds. The lowest BCUT2D eigenvalue weighted by molar-refractivity contribution is -0.147. The summed E-state index contributed by atoms with van der Waals surface area (Å²) >= 11 is 0. The Morgan fingerprint density at radius 1 is 1.10 bits per heavy atom. The SMILES string of the molecule is CC[C@]1(O)CC[C@@]2(C)C(=CC[C@H]3[C@@H]4CC[C@H]([C@H](C)CCCC(C)C)[C@@]4(C)CC(=O)[C@@H]32)C1. The van der Waals surface area contributed by atoms with Crippen molar-refractivity contribution in [3.05, 3.63) is 11.6 Å². The largest absolute Gasteiger partial charge is 0.390 e. The molecule has 0 radical (unpaired) electrons. The minimum absolute atomic E-state index is 0.0102. The van der Waals surface area contributed by atoms with E-state index in [0.717, 1.165) is 50.4 Å². The summed E-state index contributed by atoms with van der Waals surface area (Å²) in [7, 11) is 0. The Morgan fingerprint density at radius 3 is 2.52 bits per heavy atom. The first-order chi connectivity index (χ1) is 14.5. The number of allylic oxidation sites excluding steroid dienone is 1. The van der Waals surface area contributed by atoms with Crippen LogP contribution in [0.5, 0.6) is 0 Å². The summed E-state index contributed by atoms with van der Waals surface area (Å²) in [6, 6.07) is 0. The standard InChI is InChI=1S/C29H48O2/c1-7-29(31)16-15-27(5)21(17-29)11-12-22-24-14-13-23(20(4)10-8-9-19(2)3)28(24,6)18-25(30)26(22)27/h11,19-20,22-24,26,31H,7-10,12-18H2,1-6H3/t20-,22+,23-,24+,26-,27+,28-,29+/m1/s1. The molecule has 2 heteroatoms. The second-order valence-corrected chi connectivity index (χ2v) is 13.0. The third-order valence-corrected chi connectivity index (χ3v) is 10.8. The fraction of sp³-hybridized carbons (Fsp3) is 0.897. The van der Waals surface area contributed by atoms with Crippen LogP contribution in [0, 0.1) is 46.3 Å². The van der Waals surface area contributed by atoms with Crippen LogP contribution in [0.15, 0.2) is 11.6 Å². The van der Waals surface area contributed by atoms with E-state index in [0.29, 0.717) is 23.5 Å². The molecule has 3 saturated carbocycles. The summed E-state index contributed by atoms with van der Waals surface area (Å²) in [5.41, 5.74) is 1.05. The number of ketones is 1. The number of Topliss-reactive ketones (excluding diaryl/α,β-unsaturated/α-hetero) is 1. The normalized spacial score (nSPS) is 45.7. The van der Waals surface area contributed by atoms with Crippen molar-refractivity contribution in [1.29, 1.82) is 0 Å². The molecule has 4 aliphatic carbocycles. The first-order valence-electron chi connectivity index (χ1n) is 13.5. The molecule has 0 bridgehead atoms. The Kier molecular flexibility index (Phi) is 6.30. The van der Waals surface area contributed by atoms with Crippen molar-refractivity contribution in [3.63, 3.8) is 0 Å². The summed E-state index contributed by atoms with van der Waals surface area (Å²) in [6.07, 6.45) is 14.4. The van der Waals surface area contributed by atoms with Gasteiger partial charge in [-0.05, 0) is 85.4 Å². The molecule has 4 rings (SSSR count).